The third-order valence-electron chi connectivity index (χ3n) is 4.00. The lowest BCUT2D eigenvalue weighted by molar-refractivity contribution is -0.116. The second-order valence-electron chi connectivity index (χ2n) is 6.09. The summed E-state index contributed by atoms with van der Waals surface area (Å²) in [5.74, 6) is -0.478. The molecule has 28 heavy (non-hydrogen) atoms. The zero-order valence-electron chi connectivity index (χ0n) is 14.9. The normalized spacial score (nSPS) is 13.9. The number of amides is 1. The SMILES string of the molecule is CN(CC(=O)Nc1ccc(Br)cc1F)S(=O)(=O)c1ccc2c(c1)OCCCO2. The summed E-state index contributed by atoms with van der Waals surface area (Å²) in [6.45, 7) is 0.436. The van der Waals surface area contributed by atoms with Crippen LogP contribution in [0.5, 0.6) is 11.5 Å². The van der Waals surface area contributed by atoms with Crippen molar-refractivity contribution in [3.05, 3.63) is 46.7 Å². The van der Waals surface area contributed by atoms with Crippen LogP contribution in [0.1, 0.15) is 6.42 Å². The van der Waals surface area contributed by atoms with Crippen LogP contribution in [-0.4, -0.2) is 45.4 Å². The molecule has 150 valence electrons. The fraction of sp³-hybridized carbons (Fsp3) is 0.278. The number of hydrogen-bond donors (Lipinski definition) is 1. The molecule has 0 atom stereocenters. The van der Waals surface area contributed by atoms with Crippen molar-refractivity contribution >= 4 is 37.5 Å². The number of likely N-dealkylation sites (N-methyl/N-ethyl adjacent to an activating group) is 1. The second-order valence-corrected chi connectivity index (χ2v) is 9.05. The number of carbonyl (C=O) groups excluding carboxylic acids is 1. The highest BCUT2D eigenvalue weighted by Crippen LogP contribution is 2.32. The largest absolute Gasteiger partial charge is 0.490 e. The van der Waals surface area contributed by atoms with Gasteiger partial charge in [-0.1, -0.05) is 15.9 Å². The van der Waals surface area contributed by atoms with Crippen LogP contribution in [0.25, 0.3) is 0 Å². The van der Waals surface area contributed by atoms with Gasteiger partial charge in [0.2, 0.25) is 15.9 Å². The zero-order chi connectivity index (χ0) is 20.3. The Morgan fingerprint density at radius 1 is 1.18 bits per heavy atom. The molecule has 1 heterocycles. The molecular formula is C18H18BrFN2O5S. The minimum Gasteiger partial charge on any atom is -0.490 e. The van der Waals surface area contributed by atoms with E-state index in [1.165, 1.54) is 37.4 Å². The van der Waals surface area contributed by atoms with Crippen molar-refractivity contribution in [3.63, 3.8) is 0 Å². The number of hydrogen-bond acceptors (Lipinski definition) is 5. The molecule has 1 amide bonds. The Hall–Kier alpha value is -2.17. The van der Waals surface area contributed by atoms with Crippen LogP contribution in [0.4, 0.5) is 10.1 Å². The minimum absolute atomic E-state index is 0.0260. The van der Waals surface area contributed by atoms with E-state index in [2.05, 4.69) is 21.2 Å². The number of anilines is 1. The number of rotatable bonds is 5. The molecule has 2 aromatic carbocycles. The first-order chi connectivity index (χ1) is 13.3. The molecule has 0 unspecified atom stereocenters. The Labute approximate surface area is 170 Å². The van der Waals surface area contributed by atoms with Crippen LogP contribution < -0.4 is 14.8 Å². The first kappa shape index (κ1) is 20.6. The molecule has 0 fully saturated rings. The van der Waals surface area contributed by atoms with Crippen LogP contribution >= 0.6 is 15.9 Å². The highest BCUT2D eigenvalue weighted by atomic mass is 79.9. The third-order valence-corrected chi connectivity index (χ3v) is 6.29. The van der Waals surface area contributed by atoms with Gasteiger partial charge in [-0.2, -0.15) is 4.31 Å². The Balaban J connectivity index is 1.73. The first-order valence-electron chi connectivity index (χ1n) is 8.38. The predicted octanol–water partition coefficient (Wildman–Crippen LogP) is 3.01. The van der Waals surface area contributed by atoms with Crippen LogP contribution in [0.2, 0.25) is 0 Å². The number of halogens is 2. The van der Waals surface area contributed by atoms with Gasteiger partial charge in [-0.05, 0) is 30.3 Å². The molecule has 0 radical (unpaired) electrons. The standard InChI is InChI=1S/C18H18BrFN2O5S/c1-22(11-18(23)21-15-5-3-12(19)9-14(15)20)28(24,25)13-4-6-16-17(10-13)27-8-2-7-26-16/h3-6,9-10H,2,7-8,11H2,1H3,(H,21,23). The Kier molecular flexibility index (Phi) is 6.21. The van der Waals surface area contributed by atoms with Crippen LogP contribution in [0.15, 0.2) is 45.8 Å². The lowest BCUT2D eigenvalue weighted by atomic mass is 10.3. The number of benzene rings is 2. The molecule has 0 saturated carbocycles. The average molecular weight is 473 g/mol. The monoisotopic (exact) mass is 472 g/mol. The van der Waals surface area contributed by atoms with Gasteiger partial charge in [-0.15, -0.1) is 0 Å². The maximum Gasteiger partial charge on any atom is 0.243 e. The summed E-state index contributed by atoms with van der Waals surface area (Å²) >= 11 is 3.13. The average Bonchev–Trinajstić information content (AvgIpc) is 2.88. The Morgan fingerprint density at radius 2 is 1.89 bits per heavy atom. The lowest BCUT2D eigenvalue weighted by Crippen LogP contribution is -2.35. The number of fused-ring (bicyclic) bond motifs is 1. The summed E-state index contributed by atoms with van der Waals surface area (Å²) < 4.78 is 51.8. The molecule has 0 saturated heterocycles. The summed E-state index contributed by atoms with van der Waals surface area (Å²) in [7, 11) is -2.68. The van der Waals surface area contributed by atoms with E-state index in [1.54, 1.807) is 6.07 Å². The van der Waals surface area contributed by atoms with E-state index in [-0.39, 0.29) is 10.6 Å². The Bertz CT molecular complexity index is 999. The minimum atomic E-state index is -3.95. The number of sulfonamides is 1. The molecule has 0 aliphatic carbocycles. The van der Waals surface area contributed by atoms with Crippen molar-refractivity contribution in [2.24, 2.45) is 0 Å². The van der Waals surface area contributed by atoms with Crippen molar-refractivity contribution in [1.82, 2.24) is 4.31 Å². The van der Waals surface area contributed by atoms with E-state index >= 15 is 0 Å². The van der Waals surface area contributed by atoms with Crippen molar-refractivity contribution in [2.45, 2.75) is 11.3 Å². The molecule has 3 rings (SSSR count). The van der Waals surface area contributed by atoms with Gasteiger partial charge < -0.3 is 14.8 Å². The van der Waals surface area contributed by atoms with E-state index < -0.39 is 28.3 Å². The highest BCUT2D eigenvalue weighted by Gasteiger charge is 2.25. The van der Waals surface area contributed by atoms with Crippen LogP contribution in [0, 0.1) is 5.82 Å². The van der Waals surface area contributed by atoms with E-state index in [4.69, 9.17) is 9.47 Å². The predicted molar refractivity (Wildman–Crippen MR) is 105 cm³/mol. The molecule has 0 aromatic heterocycles. The summed E-state index contributed by atoms with van der Waals surface area (Å²) in [6.07, 6.45) is 0.698. The summed E-state index contributed by atoms with van der Waals surface area (Å²) in [5.41, 5.74) is -0.0328. The lowest BCUT2D eigenvalue weighted by Gasteiger charge is -2.18. The fourth-order valence-electron chi connectivity index (χ4n) is 2.55. The maximum absolute atomic E-state index is 13.8. The van der Waals surface area contributed by atoms with Crippen molar-refractivity contribution < 1.29 is 27.1 Å². The van der Waals surface area contributed by atoms with Gasteiger partial charge in [-0.25, -0.2) is 12.8 Å². The quantitative estimate of drug-likeness (QED) is 0.722. The van der Waals surface area contributed by atoms with Gasteiger partial charge in [0.05, 0.1) is 30.3 Å². The molecule has 10 heteroatoms. The number of ether oxygens (including phenoxy) is 2. The molecule has 0 bridgehead atoms. The molecule has 1 N–H and O–H groups in total. The van der Waals surface area contributed by atoms with Gasteiger partial charge >= 0.3 is 0 Å². The zero-order valence-corrected chi connectivity index (χ0v) is 17.3. The van der Waals surface area contributed by atoms with Crippen LogP contribution in [0.3, 0.4) is 0 Å². The molecular weight excluding hydrogens is 455 g/mol. The number of nitrogens with one attached hydrogen (secondary N) is 1. The van der Waals surface area contributed by atoms with E-state index in [0.29, 0.717) is 35.6 Å². The molecule has 2 aromatic rings. The number of carbonyl (C=O) groups is 1. The summed E-state index contributed by atoms with van der Waals surface area (Å²) in [6, 6.07) is 8.45. The van der Waals surface area contributed by atoms with Gasteiger partial charge in [-0.3, -0.25) is 4.79 Å². The summed E-state index contributed by atoms with van der Waals surface area (Å²) in [4.78, 5) is 12.1. The molecule has 1 aliphatic heterocycles. The molecule has 7 nitrogen and oxygen atoms in total. The van der Waals surface area contributed by atoms with Gasteiger partial charge in [0.1, 0.15) is 5.82 Å². The van der Waals surface area contributed by atoms with Crippen molar-refractivity contribution in [1.29, 1.82) is 0 Å². The number of nitrogens with zero attached hydrogens (tertiary/aromatic N) is 1. The van der Waals surface area contributed by atoms with Gasteiger partial charge in [0.15, 0.2) is 11.5 Å². The smallest absolute Gasteiger partial charge is 0.243 e. The highest BCUT2D eigenvalue weighted by molar-refractivity contribution is 9.10. The van der Waals surface area contributed by atoms with E-state index in [1.807, 2.05) is 0 Å². The fourth-order valence-corrected chi connectivity index (χ4v) is 4.03. The first-order valence-corrected chi connectivity index (χ1v) is 10.6. The Morgan fingerprint density at radius 3 is 2.61 bits per heavy atom. The van der Waals surface area contributed by atoms with Crippen molar-refractivity contribution in [3.8, 4) is 11.5 Å². The van der Waals surface area contributed by atoms with E-state index in [9.17, 15) is 17.6 Å². The summed E-state index contributed by atoms with van der Waals surface area (Å²) in [5, 5.41) is 2.36. The van der Waals surface area contributed by atoms with Gasteiger partial charge in [0, 0.05) is 24.0 Å². The topological polar surface area (TPSA) is 84.9 Å². The van der Waals surface area contributed by atoms with Crippen molar-refractivity contribution in [2.75, 3.05) is 32.1 Å². The van der Waals surface area contributed by atoms with Gasteiger partial charge in [0.25, 0.3) is 0 Å². The van der Waals surface area contributed by atoms with Crippen LogP contribution in [-0.2, 0) is 14.8 Å². The third kappa shape index (κ3) is 4.62. The second kappa shape index (κ2) is 8.46. The molecule has 0 spiro atoms. The maximum atomic E-state index is 13.8. The van der Waals surface area contributed by atoms with E-state index in [0.717, 1.165) is 4.31 Å². The molecule has 1 aliphatic rings.